The number of nitrogens with zero attached hydrogens (tertiary/aromatic N) is 5. The average molecular weight is 391 g/mol. The summed E-state index contributed by atoms with van der Waals surface area (Å²) in [5.41, 5.74) is 5.75. The maximum absolute atomic E-state index is 6.29. The van der Waals surface area contributed by atoms with Crippen molar-refractivity contribution in [2.75, 3.05) is 0 Å². The first kappa shape index (κ1) is 17.1. The summed E-state index contributed by atoms with van der Waals surface area (Å²) < 4.78 is 2.21. The Balaban J connectivity index is 1.64. The van der Waals surface area contributed by atoms with Crippen LogP contribution in [0.25, 0.3) is 11.1 Å². The van der Waals surface area contributed by atoms with Gasteiger partial charge in [0.05, 0.1) is 6.04 Å². The minimum absolute atomic E-state index is 0.0700. The number of aryl methyl sites for hydroxylation is 1. The van der Waals surface area contributed by atoms with Crippen LogP contribution in [0.3, 0.4) is 0 Å². The Hall–Kier alpha value is -2.99. The number of benzene rings is 1. The van der Waals surface area contributed by atoms with E-state index in [1.807, 2.05) is 12.3 Å². The van der Waals surface area contributed by atoms with E-state index in [2.05, 4.69) is 73.5 Å². The van der Waals surface area contributed by atoms with Gasteiger partial charge in [-0.25, -0.2) is 4.98 Å². The van der Waals surface area contributed by atoms with E-state index in [-0.39, 0.29) is 6.04 Å². The van der Waals surface area contributed by atoms with E-state index >= 15 is 0 Å². The molecule has 1 atom stereocenters. The molecule has 2 bridgehead atoms. The van der Waals surface area contributed by atoms with Crippen molar-refractivity contribution < 1.29 is 0 Å². The molecule has 6 nitrogen and oxygen atoms in total. The second-order valence-corrected chi connectivity index (χ2v) is 7.37. The molecule has 1 unspecified atom stereocenters. The zero-order valence-electron chi connectivity index (χ0n) is 15.4. The topological polar surface area (TPSA) is 72.3 Å². The molecule has 0 aliphatic heterocycles. The zero-order chi connectivity index (χ0) is 19.1. The molecule has 0 radical (unpaired) electrons. The third-order valence-corrected chi connectivity index (χ3v) is 5.49. The number of aromatic nitrogens is 6. The average Bonchev–Trinajstić information content (AvgIpc) is 3.37. The fourth-order valence-corrected chi connectivity index (χ4v) is 4.25. The minimum Gasteiger partial charge on any atom is -0.322 e. The molecule has 2 aromatic heterocycles. The van der Waals surface area contributed by atoms with Crippen LogP contribution in [0.1, 0.15) is 43.0 Å². The van der Waals surface area contributed by atoms with Crippen LogP contribution in [-0.2, 0) is 6.42 Å². The molecule has 0 fully saturated rings. The molecule has 5 rings (SSSR count). The number of fused-ring (bicyclic) bond motifs is 2. The van der Waals surface area contributed by atoms with Gasteiger partial charge in [-0.3, -0.25) is 0 Å². The van der Waals surface area contributed by atoms with Crippen LogP contribution >= 0.6 is 11.6 Å². The zero-order valence-corrected chi connectivity index (χ0v) is 16.2. The van der Waals surface area contributed by atoms with Gasteiger partial charge in [0.2, 0.25) is 5.82 Å². The highest BCUT2D eigenvalue weighted by Gasteiger charge is 2.43. The Labute approximate surface area is 167 Å². The second kappa shape index (κ2) is 6.87. The standard InChI is InChI=1S/C21H19ClN6/c1-2-3-9-17-23-16(22)12-28(17)20-15-11-10-14(13-7-5-4-6-8-13)18(20)19(15)21-24-26-27-25-21/h4-8,10-12,20H,2-3,9H2,1H3,(H,24,25,26,27). The fraction of sp³-hybridized carbons (Fsp3) is 0.238. The third kappa shape index (κ3) is 2.64. The van der Waals surface area contributed by atoms with Crippen molar-refractivity contribution in [3.8, 4) is 0 Å². The quantitative estimate of drug-likeness (QED) is 0.676. The van der Waals surface area contributed by atoms with Crippen molar-refractivity contribution >= 4 is 22.7 Å². The van der Waals surface area contributed by atoms with Crippen LogP contribution in [0.15, 0.2) is 59.8 Å². The Bertz CT molecular complexity index is 1110. The number of unbranched alkanes of at least 4 members (excludes halogenated alkanes) is 1. The summed E-state index contributed by atoms with van der Waals surface area (Å²) in [6.07, 6.45) is 9.36. The molecule has 28 heavy (non-hydrogen) atoms. The van der Waals surface area contributed by atoms with E-state index in [0.717, 1.165) is 30.7 Å². The Morgan fingerprint density at radius 3 is 2.79 bits per heavy atom. The number of aromatic amines is 1. The summed E-state index contributed by atoms with van der Waals surface area (Å²) >= 11 is 6.29. The molecular weight excluding hydrogens is 372 g/mol. The molecule has 2 aliphatic rings. The maximum atomic E-state index is 6.29. The highest BCUT2D eigenvalue weighted by atomic mass is 35.5. The van der Waals surface area contributed by atoms with E-state index in [1.165, 1.54) is 22.3 Å². The van der Waals surface area contributed by atoms with E-state index in [4.69, 9.17) is 11.6 Å². The summed E-state index contributed by atoms with van der Waals surface area (Å²) in [6, 6.07) is 10.5. The molecule has 0 amide bonds. The molecule has 2 heterocycles. The number of nitrogens with one attached hydrogen (secondary N) is 1. The van der Waals surface area contributed by atoms with E-state index in [0.29, 0.717) is 11.0 Å². The first-order valence-electron chi connectivity index (χ1n) is 9.47. The molecule has 1 N–H and O–H groups in total. The predicted molar refractivity (Wildman–Crippen MR) is 108 cm³/mol. The van der Waals surface area contributed by atoms with Crippen molar-refractivity contribution in [2.24, 2.45) is 0 Å². The Kier molecular flexibility index (Phi) is 4.20. The highest BCUT2D eigenvalue weighted by Crippen LogP contribution is 2.56. The molecule has 0 saturated carbocycles. The molecule has 7 heteroatoms. The van der Waals surface area contributed by atoms with Crippen LogP contribution in [0.4, 0.5) is 0 Å². The van der Waals surface area contributed by atoms with Gasteiger partial charge < -0.3 is 4.57 Å². The van der Waals surface area contributed by atoms with Gasteiger partial charge in [-0.15, -0.1) is 10.2 Å². The van der Waals surface area contributed by atoms with Gasteiger partial charge in [-0.05, 0) is 33.9 Å². The molecule has 1 aromatic carbocycles. The molecular formula is C21H19ClN6. The highest BCUT2D eigenvalue weighted by molar-refractivity contribution is 6.29. The summed E-state index contributed by atoms with van der Waals surface area (Å²) in [4.78, 5) is 4.57. The number of rotatable bonds is 6. The van der Waals surface area contributed by atoms with Gasteiger partial charge in [-0.1, -0.05) is 67.4 Å². The summed E-state index contributed by atoms with van der Waals surface area (Å²) in [5, 5.41) is 15.3. The normalized spacial score (nSPS) is 18.0. The molecule has 2 aliphatic carbocycles. The number of tetrazole rings is 1. The molecule has 140 valence electrons. The third-order valence-electron chi connectivity index (χ3n) is 5.31. The Morgan fingerprint density at radius 1 is 1.18 bits per heavy atom. The van der Waals surface area contributed by atoms with Crippen LogP contribution in [0.2, 0.25) is 5.15 Å². The van der Waals surface area contributed by atoms with Gasteiger partial charge >= 0.3 is 0 Å². The summed E-state index contributed by atoms with van der Waals surface area (Å²) in [6.45, 7) is 2.18. The number of halogens is 1. The van der Waals surface area contributed by atoms with Gasteiger partial charge in [0.1, 0.15) is 11.0 Å². The lowest BCUT2D eigenvalue weighted by Crippen LogP contribution is -2.29. The lowest BCUT2D eigenvalue weighted by molar-refractivity contribution is 0.596. The first-order chi connectivity index (χ1) is 13.8. The number of H-pyrrole nitrogens is 1. The first-order valence-corrected chi connectivity index (χ1v) is 9.85. The van der Waals surface area contributed by atoms with Gasteiger partial charge in [0.15, 0.2) is 0 Å². The predicted octanol–water partition coefficient (Wildman–Crippen LogP) is 4.42. The van der Waals surface area contributed by atoms with Crippen molar-refractivity contribution in [2.45, 2.75) is 32.2 Å². The number of imidazole rings is 1. The largest absolute Gasteiger partial charge is 0.322 e. The van der Waals surface area contributed by atoms with Crippen LogP contribution < -0.4 is 0 Å². The number of allylic oxidation sites excluding steroid dienone is 6. The smallest absolute Gasteiger partial charge is 0.205 e. The van der Waals surface area contributed by atoms with Crippen molar-refractivity contribution in [3.05, 3.63) is 82.2 Å². The lowest BCUT2D eigenvalue weighted by Gasteiger charge is -2.41. The summed E-state index contributed by atoms with van der Waals surface area (Å²) in [7, 11) is 0. The van der Waals surface area contributed by atoms with Crippen molar-refractivity contribution in [1.29, 1.82) is 0 Å². The van der Waals surface area contributed by atoms with Crippen LogP contribution in [-0.4, -0.2) is 30.2 Å². The lowest BCUT2D eigenvalue weighted by atomic mass is 9.68. The second-order valence-electron chi connectivity index (χ2n) is 6.99. The van der Waals surface area contributed by atoms with E-state index in [1.54, 1.807) is 0 Å². The van der Waals surface area contributed by atoms with Crippen LogP contribution in [0, 0.1) is 0 Å². The van der Waals surface area contributed by atoms with Crippen molar-refractivity contribution in [3.63, 3.8) is 0 Å². The van der Waals surface area contributed by atoms with E-state index < -0.39 is 0 Å². The van der Waals surface area contributed by atoms with Crippen molar-refractivity contribution in [1.82, 2.24) is 30.2 Å². The number of hydrogen-bond acceptors (Lipinski definition) is 4. The van der Waals surface area contributed by atoms with Gasteiger partial charge in [0.25, 0.3) is 0 Å². The van der Waals surface area contributed by atoms with Crippen LogP contribution in [0.5, 0.6) is 0 Å². The SMILES string of the molecule is CCCCc1nc(Cl)cn1C1c2ccc(-c3ccccc3)c1c2-c1nn[nH]n1. The van der Waals surface area contributed by atoms with E-state index in [9.17, 15) is 0 Å². The monoisotopic (exact) mass is 390 g/mol. The molecule has 0 saturated heterocycles. The summed E-state index contributed by atoms with van der Waals surface area (Å²) in [5.74, 6) is 1.64. The van der Waals surface area contributed by atoms with Gasteiger partial charge in [0, 0.05) is 18.2 Å². The molecule has 3 aromatic rings. The fourth-order valence-electron chi connectivity index (χ4n) is 4.04. The van der Waals surface area contributed by atoms with Gasteiger partial charge in [-0.2, -0.15) is 5.21 Å². The molecule has 0 spiro atoms. The number of hydrogen-bond donors (Lipinski definition) is 1. The maximum Gasteiger partial charge on any atom is 0.205 e. The Morgan fingerprint density at radius 2 is 2.04 bits per heavy atom. The minimum atomic E-state index is 0.0700.